The van der Waals surface area contributed by atoms with Crippen LogP contribution in [0.5, 0.6) is 5.88 Å². The molecule has 0 radical (unpaired) electrons. The number of nitrogens with one attached hydrogen (secondary N) is 1. The Kier molecular flexibility index (Phi) is 5.08. The van der Waals surface area contributed by atoms with Gasteiger partial charge in [-0.3, -0.25) is 10.1 Å². The van der Waals surface area contributed by atoms with Crippen LogP contribution >= 0.6 is 0 Å². The van der Waals surface area contributed by atoms with Gasteiger partial charge in [0.1, 0.15) is 12.8 Å². The Morgan fingerprint density at radius 1 is 1.53 bits per heavy atom. The fraction of sp³-hybridized carbons (Fsp3) is 0.556. The zero-order valence-electron chi connectivity index (χ0n) is 9.67. The predicted molar refractivity (Wildman–Crippen MR) is 60.2 cm³/mol. The average molecular weight is 242 g/mol. The normalized spacial score (nSPS) is 10.0. The standard InChI is InChI=1S/C9H14N4O4/c1-3-16-4-5-17-8-7(13(14)15)6-11-9(10-2)12-8/h6H,3-5H2,1-2H3,(H,10,11,12). The van der Waals surface area contributed by atoms with Crippen LogP contribution in [0.2, 0.25) is 0 Å². The lowest BCUT2D eigenvalue weighted by atomic mass is 10.5. The molecule has 0 aliphatic carbocycles. The van der Waals surface area contributed by atoms with Crippen LogP contribution in [0.4, 0.5) is 11.6 Å². The molecule has 0 spiro atoms. The third-order valence-corrected chi connectivity index (χ3v) is 1.83. The first kappa shape index (κ1) is 13.1. The molecule has 0 bridgehead atoms. The second kappa shape index (κ2) is 6.59. The number of ether oxygens (including phenoxy) is 2. The lowest BCUT2D eigenvalue weighted by Gasteiger charge is -2.06. The van der Waals surface area contributed by atoms with Gasteiger partial charge in [-0.2, -0.15) is 4.98 Å². The van der Waals surface area contributed by atoms with Gasteiger partial charge in [-0.1, -0.05) is 0 Å². The van der Waals surface area contributed by atoms with E-state index in [4.69, 9.17) is 9.47 Å². The van der Waals surface area contributed by atoms with Crippen LogP contribution in [0, 0.1) is 10.1 Å². The molecule has 0 fully saturated rings. The number of hydrogen-bond acceptors (Lipinski definition) is 7. The maximum absolute atomic E-state index is 10.7. The largest absolute Gasteiger partial charge is 0.470 e. The highest BCUT2D eigenvalue weighted by Gasteiger charge is 2.18. The van der Waals surface area contributed by atoms with E-state index in [1.807, 2.05) is 6.92 Å². The second-order valence-corrected chi connectivity index (χ2v) is 2.94. The van der Waals surface area contributed by atoms with Crippen LogP contribution < -0.4 is 10.1 Å². The topological polar surface area (TPSA) is 99.4 Å². The van der Waals surface area contributed by atoms with Gasteiger partial charge in [0.25, 0.3) is 5.88 Å². The molecule has 8 nitrogen and oxygen atoms in total. The number of hydrogen-bond donors (Lipinski definition) is 1. The highest BCUT2D eigenvalue weighted by molar-refractivity contribution is 5.42. The van der Waals surface area contributed by atoms with Gasteiger partial charge < -0.3 is 14.8 Å². The molecule has 0 saturated carbocycles. The van der Waals surface area contributed by atoms with Gasteiger partial charge in [0.05, 0.1) is 11.5 Å². The molecule has 1 rings (SSSR count). The van der Waals surface area contributed by atoms with E-state index >= 15 is 0 Å². The molecule has 0 aliphatic rings. The Balaban J connectivity index is 2.75. The molecule has 0 atom stereocenters. The summed E-state index contributed by atoms with van der Waals surface area (Å²) in [4.78, 5) is 17.7. The first-order chi connectivity index (χ1) is 8.19. The summed E-state index contributed by atoms with van der Waals surface area (Å²) in [6.07, 6.45) is 1.11. The van der Waals surface area contributed by atoms with E-state index in [1.54, 1.807) is 7.05 Å². The smallest absolute Gasteiger partial charge is 0.349 e. The fourth-order valence-corrected chi connectivity index (χ4v) is 1.05. The molecule has 94 valence electrons. The lowest BCUT2D eigenvalue weighted by Crippen LogP contribution is -2.10. The molecular formula is C9H14N4O4. The van der Waals surface area contributed by atoms with E-state index in [1.165, 1.54) is 0 Å². The third-order valence-electron chi connectivity index (χ3n) is 1.83. The highest BCUT2D eigenvalue weighted by Crippen LogP contribution is 2.23. The molecule has 17 heavy (non-hydrogen) atoms. The van der Waals surface area contributed by atoms with Crippen molar-refractivity contribution in [3.05, 3.63) is 16.3 Å². The minimum Gasteiger partial charge on any atom is -0.470 e. The van der Waals surface area contributed by atoms with Crippen LogP contribution in [-0.2, 0) is 4.74 Å². The van der Waals surface area contributed by atoms with Crippen LogP contribution in [-0.4, -0.2) is 41.8 Å². The zero-order valence-corrected chi connectivity index (χ0v) is 9.67. The molecule has 1 heterocycles. The molecule has 0 amide bonds. The molecule has 0 aliphatic heterocycles. The SMILES string of the molecule is CCOCCOc1nc(NC)ncc1[N+](=O)[O-]. The van der Waals surface area contributed by atoms with Crippen molar-refractivity contribution >= 4 is 11.6 Å². The van der Waals surface area contributed by atoms with Crippen LogP contribution in [0.25, 0.3) is 0 Å². The second-order valence-electron chi connectivity index (χ2n) is 2.94. The van der Waals surface area contributed by atoms with E-state index in [0.717, 1.165) is 6.20 Å². The summed E-state index contributed by atoms with van der Waals surface area (Å²) in [5.74, 6) is 0.205. The molecule has 8 heteroatoms. The maximum Gasteiger partial charge on any atom is 0.349 e. The summed E-state index contributed by atoms with van der Waals surface area (Å²) in [5.41, 5.74) is -0.263. The Bertz CT molecular complexity index is 385. The highest BCUT2D eigenvalue weighted by atomic mass is 16.6. The van der Waals surface area contributed by atoms with Crippen molar-refractivity contribution in [3.8, 4) is 5.88 Å². The van der Waals surface area contributed by atoms with Crippen molar-refractivity contribution in [3.63, 3.8) is 0 Å². The van der Waals surface area contributed by atoms with E-state index in [9.17, 15) is 10.1 Å². The molecular weight excluding hydrogens is 228 g/mol. The van der Waals surface area contributed by atoms with Gasteiger partial charge >= 0.3 is 5.69 Å². The van der Waals surface area contributed by atoms with Crippen molar-refractivity contribution in [1.82, 2.24) is 9.97 Å². The summed E-state index contributed by atoms with van der Waals surface area (Å²) in [5, 5.41) is 13.4. The number of nitrogens with zero attached hydrogens (tertiary/aromatic N) is 3. The first-order valence-electron chi connectivity index (χ1n) is 5.08. The molecule has 0 unspecified atom stereocenters. The summed E-state index contributed by atoms with van der Waals surface area (Å²) < 4.78 is 10.2. The quantitative estimate of drug-likeness (QED) is 0.429. The maximum atomic E-state index is 10.7. The van der Waals surface area contributed by atoms with Crippen molar-refractivity contribution < 1.29 is 14.4 Å². The Hall–Kier alpha value is -1.96. The van der Waals surface area contributed by atoms with Crippen LogP contribution in [0.1, 0.15) is 6.92 Å². The van der Waals surface area contributed by atoms with E-state index in [-0.39, 0.29) is 24.1 Å². The minimum atomic E-state index is -0.588. The van der Waals surface area contributed by atoms with E-state index in [0.29, 0.717) is 13.2 Å². The van der Waals surface area contributed by atoms with Crippen molar-refractivity contribution in [1.29, 1.82) is 0 Å². The number of rotatable bonds is 7. The Labute approximate surface area is 98.1 Å². The molecule has 1 N–H and O–H groups in total. The molecule has 0 saturated heterocycles. The Morgan fingerprint density at radius 2 is 2.29 bits per heavy atom. The molecule has 1 aromatic rings. The van der Waals surface area contributed by atoms with Crippen molar-refractivity contribution in [2.75, 3.05) is 32.2 Å². The summed E-state index contributed by atoms with van der Waals surface area (Å²) in [7, 11) is 1.62. The first-order valence-corrected chi connectivity index (χ1v) is 5.08. The van der Waals surface area contributed by atoms with Crippen LogP contribution in [0.3, 0.4) is 0 Å². The third kappa shape index (κ3) is 3.83. The van der Waals surface area contributed by atoms with Gasteiger partial charge in [0.15, 0.2) is 0 Å². The summed E-state index contributed by atoms with van der Waals surface area (Å²) in [6.45, 7) is 2.98. The molecule has 0 aromatic carbocycles. The van der Waals surface area contributed by atoms with Crippen LogP contribution in [0.15, 0.2) is 6.20 Å². The minimum absolute atomic E-state index is 0.0611. The van der Waals surface area contributed by atoms with Crippen molar-refractivity contribution in [2.24, 2.45) is 0 Å². The van der Waals surface area contributed by atoms with Gasteiger partial charge in [-0.15, -0.1) is 0 Å². The van der Waals surface area contributed by atoms with E-state index < -0.39 is 4.92 Å². The average Bonchev–Trinajstić information content (AvgIpc) is 2.34. The van der Waals surface area contributed by atoms with Crippen molar-refractivity contribution in [2.45, 2.75) is 6.92 Å². The summed E-state index contributed by atoms with van der Waals surface area (Å²) >= 11 is 0. The monoisotopic (exact) mass is 242 g/mol. The number of nitro groups is 1. The fourth-order valence-electron chi connectivity index (χ4n) is 1.05. The molecule has 1 aromatic heterocycles. The number of anilines is 1. The lowest BCUT2D eigenvalue weighted by molar-refractivity contribution is -0.386. The van der Waals surface area contributed by atoms with Gasteiger partial charge in [-0.05, 0) is 6.92 Å². The van der Waals surface area contributed by atoms with E-state index in [2.05, 4.69) is 15.3 Å². The van der Waals surface area contributed by atoms with Gasteiger partial charge in [-0.25, -0.2) is 4.98 Å². The van der Waals surface area contributed by atoms with Gasteiger partial charge in [0.2, 0.25) is 5.95 Å². The predicted octanol–water partition coefficient (Wildman–Crippen LogP) is 0.842. The van der Waals surface area contributed by atoms with Gasteiger partial charge in [0, 0.05) is 13.7 Å². The Morgan fingerprint density at radius 3 is 2.88 bits per heavy atom. The number of aromatic nitrogens is 2. The zero-order chi connectivity index (χ0) is 12.7. The summed E-state index contributed by atoms with van der Waals surface area (Å²) in [6, 6.07) is 0.